The summed E-state index contributed by atoms with van der Waals surface area (Å²) in [5, 5.41) is 14.0. The molecule has 1 aromatic rings. The highest BCUT2D eigenvalue weighted by Gasteiger charge is 2.29. The molecule has 0 aromatic carbocycles. The zero-order valence-corrected chi connectivity index (χ0v) is 13.6. The van der Waals surface area contributed by atoms with Crippen molar-refractivity contribution in [2.75, 3.05) is 13.1 Å². The largest absolute Gasteiger partial charge is 0.388 e. The standard InChI is InChI=1S/C14H24N4O2S/c1-3-12-7-16(6-10(2)20-12)9-17-14(21)18(11-4-5-11)13(8-19)15-17/h10-12,19H,3-9H2,1-2H3. The number of aromatic nitrogens is 3. The van der Waals surface area contributed by atoms with Gasteiger partial charge in [0.2, 0.25) is 0 Å². The van der Waals surface area contributed by atoms with E-state index in [1.54, 1.807) is 0 Å². The number of ether oxygens (including phenoxy) is 1. The number of rotatable bonds is 5. The molecule has 2 atom stereocenters. The average Bonchev–Trinajstić information content (AvgIpc) is 3.24. The minimum atomic E-state index is -0.0514. The molecule has 2 fully saturated rings. The van der Waals surface area contributed by atoms with Crippen molar-refractivity contribution in [1.82, 2.24) is 19.2 Å². The van der Waals surface area contributed by atoms with E-state index in [0.717, 1.165) is 37.1 Å². The summed E-state index contributed by atoms with van der Waals surface area (Å²) in [5.41, 5.74) is 0. The molecule has 0 amide bonds. The fourth-order valence-corrected chi connectivity index (χ4v) is 3.39. The van der Waals surface area contributed by atoms with Crippen LogP contribution < -0.4 is 0 Å². The maximum absolute atomic E-state index is 9.48. The number of hydrogen-bond acceptors (Lipinski definition) is 5. The highest BCUT2D eigenvalue weighted by molar-refractivity contribution is 7.71. The van der Waals surface area contributed by atoms with Crippen LogP contribution in [-0.2, 0) is 18.0 Å². The van der Waals surface area contributed by atoms with Crippen molar-refractivity contribution in [3.05, 3.63) is 10.6 Å². The highest BCUT2D eigenvalue weighted by atomic mass is 32.1. The summed E-state index contributed by atoms with van der Waals surface area (Å²) in [5.74, 6) is 0.691. The zero-order chi connectivity index (χ0) is 15.0. The van der Waals surface area contributed by atoms with E-state index in [4.69, 9.17) is 17.0 Å². The number of aliphatic hydroxyl groups excluding tert-OH is 1. The molecule has 1 saturated carbocycles. The number of hydrogen-bond donors (Lipinski definition) is 1. The van der Waals surface area contributed by atoms with E-state index < -0.39 is 0 Å². The highest BCUT2D eigenvalue weighted by Crippen LogP contribution is 2.36. The fourth-order valence-electron chi connectivity index (χ4n) is 3.04. The number of morpholine rings is 1. The third-order valence-electron chi connectivity index (χ3n) is 4.19. The van der Waals surface area contributed by atoms with Crippen LogP contribution in [0.25, 0.3) is 0 Å². The van der Waals surface area contributed by atoms with E-state index in [2.05, 4.69) is 23.8 Å². The Morgan fingerprint density at radius 3 is 2.76 bits per heavy atom. The molecule has 1 saturated heterocycles. The van der Waals surface area contributed by atoms with E-state index in [0.29, 0.717) is 18.5 Å². The van der Waals surface area contributed by atoms with Crippen LogP contribution >= 0.6 is 12.2 Å². The minimum absolute atomic E-state index is 0.0514. The molecular formula is C14H24N4O2S. The lowest BCUT2D eigenvalue weighted by molar-refractivity contribution is -0.0869. The fraction of sp³-hybridized carbons (Fsp3) is 0.857. The summed E-state index contributed by atoms with van der Waals surface area (Å²) in [6.07, 6.45) is 3.82. The van der Waals surface area contributed by atoms with Gasteiger partial charge in [0.25, 0.3) is 0 Å². The lowest BCUT2D eigenvalue weighted by Gasteiger charge is -2.36. The van der Waals surface area contributed by atoms with Crippen LogP contribution in [0.3, 0.4) is 0 Å². The number of nitrogens with zero attached hydrogens (tertiary/aromatic N) is 4. The molecule has 21 heavy (non-hydrogen) atoms. The van der Waals surface area contributed by atoms with Gasteiger partial charge >= 0.3 is 0 Å². The molecule has 0 spiro atoms. The Labute approximate surface area is 130 Å². The van der Waals surface area contributed by atoms with Gasteiger partial charge in [-0.15, -0.1) is 0 Å². The first-order valence-corrected chi connectivity index (χ1v) is 8.20. The lowest BCUT2D eigenvalue weighted by Crippen LogP contribution is -2.46. The molecule has 2 aliphatic rings. The van der Waals surface area contributed by atoms with Gasteiger partial charge in [0.15, 0.2) is 10.6 Å². The van der Waals surface area contributed by atoms with Gasteiger partial charge in [0, 0.05) is 19.1 Å². The van der Waals surface area contributed by atoms with Crippen molar-refractivity contribution in [2.45, 2.75) is 64.6 Å². The van der Waals surface area contributed by atoms with Crippen LogP contribution in [0, 0.1) is 4.77 Å². The second kappa shape index (κ2) is 6.16. The van der Waals surface area contributed by atoms with Crippen LogP contribution in [0.1, 0.15) is 45.0 Å². The molecule has 1 aromatic heterocycles. The monoisotopic (exact) mass is 312 g/mol. The second-order valence-electron chi connectivity index (χ2n) is 6.11. The smallest absolute Gasteiger partial charge is 0.199 e. The van der Waals surface area contributed by atoms with Crippen LogP contribution in [0.15, 0.2) is 0 Å². The van der Waals surface area contributed by atoms with E-state index in [-0.39, 0.29) is 18.8 Å². The summed E-state index contributed by atoms with van der Waals surface area (Å²) in [7, 11) is 0. The summed E-state index contributed by atoms with van der Waals surface area (Å²) in [4.78, 5) is 2.34. The van der Waals surface area contributed by atoms with Crippen LogP contribution in [0.5, 0.6) is 0 Å². The molecule has 0 bridgehead atoms. The van der Waals surface area contributed by atoms with Gasteiger partial charge in [-0.05, 0) is 38.4 Å². The average molecular weight is 312 g/mol. The Morgan fingerprint density at radius 1 is 1.38 bits per heavy atom. The van der Waals surface area contributed by atoms with Gasteiger partial charge in [-0.3, -0.25) is 9.47 Å². The molecule has 118 valence electrons. The number of aliphatic hydroxyl groups is 1. The van der Waals surface area contributed by atoms with Crippen molar-refractivity contribution in [3.8, 4) is 0 Å². The molecule has 7 heteroatoms. The molecule has 3 rings (SSSR count). The first-order valence-electron chi connectivity index (χ1n) is 7.79. The summed E-state index contributed by atoms with van der Waals surface area (Å²) >= 11 is 5.55. The predicted octanol–water partition coefficient (Wildman–Crippen LogP) is 1.70. The molecule has 2 heterocycles. The molecule has 1 N–H and O–H groups in total. The Hall–Kier alpha value is -0.760. The lowest BCUT2D eigenvalue weighted by atomic mass is 10.2. The maximum Gasteiger partial charge on any atom is 0.199 e. The summed E-state index contributed by atoms with van der Waals surface area (Å²) < 4.78 is 10.5. The van der Waals surface area contributed by atoms with E-state index in [9.17, 15) is 5.11 Å². The molecule has 1 aliphatic heterocycles. The second-order valence-corrected chi connectivity index (χ2v) is 6.48. The van der Waals surface area contributed by atoms with Crippen molar-refractivity contribution in [3.63, 3.8) is 0 Å². The molecule has 0 radical (unpaired) electrons. The third kappa shape index (κ3) is 3.21. The Morgan fingerprint density at radius 2 is 2.14 bits per heavy atom. The first-order chi connectivity index (χ1) is 10.1. The van der Waals surface area contributed by atoms with Crippen molar-refractivity contribution < 1.29 is 9.84 Å². The molecule has 2 unspecified atom stereocenters. The summed E-state index contributed by atoms with van der Waals surface area (Å²) in [6.45, 7) is 6.69. The van der Waals surface area contributed by atoms with Crippen LogP contribution in [0.4, 0.5) is 0 Å². The van der Waals surface area contributed by atoms with Gasteiger partial charge < -0.3 is 9.84 Å². The van der Waals surface area contributed by atoms with Crippen molar-refractivity contribution in [1.29, 1.82) is 0 Å². The quantitative estimate of drug-likeness (QED) is 0.839. The maximum atomic E-state index is 9.48. The van der Waals surface area contributed by atoms with E-state index >= 15 is 0 Å². The third-order valence-corrected chi connectivity index (χ3v) is 4.59. The van der Waals surface area contributed by atoms with Gasteiger partial charge in [-0.25, -0.2) is 4.68 Å². The summed E-state index contributed by atoms with van der Waals surface area (Å²) in [6, 6.07) is 0.445. The van der Waals surface area contributed by atoms with Crippen molar-refractivity contribution >= 4 is 12.2 Å². The normalized spacial score (nSPS) is 27.2. The Balaban J connectivity index is 1.77. The van der Waals surface area contributed by atoms with Crippen molar-refractivity contribution in [2.24, 2.45) is 0 Å². The van der Waals surface area contributed by atoms with Gasteiger partial charge in [0.05, 0.1) is 18.9 Å². The zero-order valence-electron chi connectivity index (χ0n) is 12.7. The molecule has 6 nitrogen and oxygen atoms in total. The SMILES string of the molecule is CCC1CN(Cn2nc(CO)n(C3CC3)c2=S)CC(C)O1. The van der Waals surface area contributed by atoms with E-state index in [1.165, 1.54) is 0 Å². The van der Waals surface area contributed by atoms with Gasteiger partial charge in [0.1, 0.15) is 6.61 Å². The topological polar surface area (TPSA) is 55.5 Å². The Bertz CT molecular complexity index is 552. The Kier molecular flexibility index (Phi) is 4.44. The van der Waals surface area contributed by atoms with Crippen LogP contribution in [-0.4, -0.2) is 49.7 Å². The predicted molar refractivity (Wildman–Crippen MR) is 81.4 cm³/mol. The minimum Gasteiger partial charge on any atom is -0.388 e. The molecule has 1 aliphatic carbocycles. The van der Waals surface area contributed by atoms with Gasteiger partial charge in [-0.1, -0.05) is 6.92 Å². The first kappa shape index (κ1) is 15.1. The van der Waals surface area contributed by atoms with E-state index in [1.807, 2.05) is 9.25 Å². The van der Waals surface area contributed by atoms with Crippen LogP contribution in [0.2, 0.25) is 0 Å². The van der Waals surface area contributed by atoms with Gasteiger partial charge in [-0.2, -0.15) is 5.10 Å². The molecular weight excluding hydrogens is 288 g/mol.